The van der Waals surface area contributed by atoms with E-state index in [1.807, 2.05) is 0 Å². The van der Waals surface area contributed by atoms with Crippen molar-refractivity contribution in [2.75, 3.05) is 18.1 Å². The normalized spacial score (nSPS) is 14.6. The lowest BCUT2D eigenvalue weighted by atomic mass is 10.1. The second kappa shape index (κ2) is 13.9. The molecule has 166 valence electrons. The van der Waals surface area contributed by atoms with Crippen LogP contribution in [0, 0.1) is 0 Å². The van der Waals surface area contributed by atoms with E-state index in [1.54, 1.807) is 0 Å². The quantitative estimate of drug-likeness (QED) is 0.0599. The van der Waals surface area contributed by atoms with Gasteiger partial charge in [-0.1, -0.05) is 0 Å². The van der Waals surface area contributed by atoms with Crippen molar-refractivity contribution in [2.24, 2.45) is 22.2 Å². The Morgan fingerprint density at radius 3 is 2.00 bits per heavy atom. The van der Waals surface area contributed by atoms with Crippen molar-refractivity contribution >= 4 is 54.9 Å². The molecule has 0 radical (unpaired) electrons. The number of nitrogens with one attached hydrogen (secondary N) is 3. The number of nitrogens with zero attached hydrogens (tertiary/aromatic N) is 1. The molecule has 0 aromatic rings. The average molecular weight is 452 g/mol. The highest BCUT2D eigenvalue weighted by molar-refractivity contribution is 7.80. The summed E-state index contributed by atoms with van der Waals surface area (Å²) in [7, 11) is 0. The Morgan fingerprint density at radius 1 is 0.966 bits per heavy atom. The SMILES string of the molecule is CC(NC(=O)C(CCCN=C(N)N)NC(=O)C(CS)NC(=O)C(N)CS)C(=O)O. The number of nitrogens with two attached hydrogens (primary N) is 3. The Kier molecular flexibility index (Phi) is 12.8. The molecule has 0 aliphatic rings. The lowest BCUT2D eigenvalue weighted by Crippen LogP contribution is -2.57. The Labute approximate surface area is 179 Å². The summed E-state index contributed by atoms with van der Waals surface area (Å²) >= 11 is 7.95. The van der Waals surface area contributed by atoms with E-state index in [4.69, 9.17) is 22.3 Å². The summed E-state index contributed by atoms with van der Waals surface area (Å²) in [4.78, 5) is 51.5. The predicted octanol–water partition coefficient (Wildman–Crippen LogP) is -3.21. The van der Waals surface area contributed by atoms with E-state index in [2.05, 4.69) is 46.2 Å². The molecule has 12 nitrogen and oxygen atoms in total. The van der Waals surface area contributed by atoms with Crippen LogP contribution in [-0.2, 0) is 19.2 Å². The van der Waals surface area contributed by atoms with Gasteiger partial charge in [-0.15, -0.1) is 0 Å². The molecule has 29 heavy (non-hydrogen) atoms. The molecular formula is C15H29N7O5S2. The minimum absolute atomic E-state index is 0.0509. The highest BCUT2D eigenvalue weighted by atomic mass is 32.1. The first-order chi connectivity index (χ1) is 13.5. The van der Waals surface area contributed by atoms with Crippen LogP contribution in [0.4, 0.5) is 0 Å². The van der Waals surface area contributed by atoms with Gasteiger partial charge in [0.1, 0.15) is 18.1 Å². The topological polar surface area (TPSA) is 215 Å². The molecule has 0 bridgehead atoms. The standard InChI is InChI=1S/C15H29N7O5S2/c1-7(14(26)27)20-12(24)9(3-2-4-19-15(17)18)21-13(25)10(6-29)22-11(23)8(16)5-28/h7-10,28-29H,2-6,16H2,1H3,(H,20,24)(H,21,25)(H,22,23)(H,26,27)(H4,17,18,19). The van der Waals surface area contributed by atoms with Gasteiger partial charge in [0.25, 0.3) is 0 Å². The highest BCUT2D eigenvalue weighted by Gasteiger charge is 2.28. The van der Waals surface area contributed by atoms with Gasteiger partial charge in [-0.3, -0.25) is 24.2 Å². The van der Waals surface area contributed by atoms with Gasteiger partial charge in [-0.25, -0.2) is 0 Å². The number of thiol groups is 2. The number of carbonyl (C=O) groups excluding carboxylic acids is 3. The van der Waals surface area contributed by atoms with Gasteiger partial charge >= 0.3 is 5.97 Å². The second-order valence-corrected chi connectivity index (χ2v) is 6.84. The van der Waals surface area contributed by atoms with E-state index in [1.165, 1.54) is 6.92 Å². The summed E-state index contributed by atoms with van der Waals surface area (Å²) in [6, 6.07) is -4.20. The molecule has 3 amide bonds. The number of aliphatic imine (C=N–C) groups is 1. The Balaban J connectivity index is 5.14. The largest absolute Gasteiger partial charge is 0.480 e. The molecule has 0 aromatic carbocycles. The Bertz CT molecular complexity index is 616. The third kappa shape index (κ3) is 10.8. The van der Waals surface area contributed by atoms with Gasteiger partial charge in [0.05, 0.1) is 6.04 Å². The average Bonchev–Trinajstić information content (AvgIpc) is 2.66. The molecule has 4 unspecified atom stereocenters. The van der Waals surface area contributed by atoms with Gasteiger partial charge in [-0.2, -0.15) is 25.3 Å². The maximum absolute atomic E-state index is 12.5. The molecule has 14 heteroatoms. The fourth-order valence-corrected chi connectivity index (χ4v) is 2.40. The third-order valence-electron chi connectivity index (χ3n) is 3.66. The maximum atomic E-state index is 12.5. The summed E-state index contributed by atoms with van der Waals surface area (Å²) < 4.78 is 0. The molecule has 0 saturated heterocycles. The van der Waals surface area contributed by atoms with Gasteiger partial charge < -0.3 is 38.3 Å². The summed E-state index contributed by atoms with van der Waals surface area (Å²) in [5, 5.41) is 16.1. The molecule has 0 aliphatic carbocycles. The van der Waals surface area contributed by atoms with Crippen LogP contribution < -0.4 is 33.2 Å². The summed E-state index contributed by atoms with van der Waals surface area (Å²) in [6.07, 6.45) is 0.463. The fourth-order valence-electron chi connectivity index (χ4n) is 1.98. The van der Waals surface area contributed by atoms with Crippen molar-refractivity contribution in [2.45, 2.75) is 43.9 Å². The zero-order valence-corrected chi connectivity index (χ0v) is 17.8. The number of hydrogen-bond acceptors (Lipinski definition) is 8. The van der Waals surface area contributed by atoms with Crippen molar-refractivity contribution in [1.29, 1.82) is 0 Å². The molecule has 0 aliphatic heterocycles. The van der Waals surface area contributed by atoms with Crippen LogP contribution in [0.2, 0.25) is 0 Å². The molecule has 0 rings (SSSR count). The van der Waals surface area contributed by atoms with Crippen molar-refractivity contribution in [3.8, 4) is 0 Å². The predicted molar refractivity (Wildman–Crippen MR) is 115 cm³/mol. The first kappa shape index (κ1) is 26.8. The van der Waals surface area contributed by atoms with Crippen LogP contribution in [0.15, 0.2) is 4.99 Å². The van der Waals surface area contributed by atoms with E-state index >= 15 is 0 Å². The van der Waals surface area contributed by atoms with Crippen molar-refractivity contribution in [1.82, 2.24) is 16.0 Å². The van der Waals surface area contributed by atoms with Gasteiger partial charge in [0.15, 0.2) is 5.96 Å². The molecule has 0 aromatic heterocycles. The van der Waals surface area contributed by atoms with E-state index in [0.717, 1.165) is 0 Å². The van der Waals surface area contributed by atoms with E-state index in [9.17, 15) is 19.2 Å². The van der Waals surface area contributed by atoms with E-state index < -0.39 is 47.9 Å². The molecular weight excluding hydrogens is 422 g/mol. The Morgan fingerprint density at radius 2 is 1.52 bits per heavy atom. The van der Waals surface area contributed by atoms with Crippen LogP contribution >= 0.6 is 25.3 Å². The highest BCUT2D eigenvalue weighted by Crippen LogP contribution is 2.02. The number of carboxylic acid groups (broad SMARTS) is 1. The number of hydrogen-bond donors (Lipinski definition) is 9. The van der Waals surface area contributed by atoms with Crippen LogP contribution in [0.1, 0.15) is 19.8 Å². The second-order valence-electron chi connectivity index (χ2n) is 6.11. The van der Waals surface area contributed by atoms with Crippen molar-refractivity contribution < 1.29 is 24.3 Å². The van der Waals surface area contributed by atoms with E-state index in [0.29, 0.717) is 6.42 Å². The molecule has 0 heterocycles. The monoisotopic (exact) mass is 451 g/mol. The van der Waals surface area contributed by atoms with E-state index in [-0.39, 0.29) is 30.4 Å². The van der Waals surface area contributed by atoms with Crippen LogP contribution in [0.25, 0.3) is 0 Å². The first-order valence-electron chi connectivity index (χ1n) is 8.70. The first-order valence-corrected chi connectivity index (χ1v) is 9.96. The number of guanidine groups is 1. The lowest BCUT2D eigenvalue weighted by molar-refractivity contribution is -0.141. The zero-order chi connectivity index (χ0) is 22.6. The van der Waals surface area contributed by atoms with Gasteiger partial charge in [-0.05, 0) is 19.8 Å². The Hall–Kier alpha value is -2.19. The maximum Gasteiger partial charge on any atom is 0.325 e. The third-order valence-corrected chi connectivity index (χ3v) is 4.42. The minimum Gasteiger partial charge on any atom is -0.480 e. The van der Waals surface area contributed by atoms with Crippen LogP contribution in [-0.4, -0.2) is 77.0 Å². The van der Waals surface area contributed by atoms with Crippen LogP contribution in [0.5, 0.6) is 0 Å². The number of aliphatic carboxylic acids is 1. The number of amides is 3. The molecule has 0 saturated carbocycles. The number of carbonyl (C=O) groups is 4. The smallest absolute Gasteiger partial charge is 0.325 e. The molecule has 10 N–H and O–H groups in total. The van der Waals surface area contributed by atoms with Crippen LogP contribution in [0.3, 0.4) is 0 Å². The summed E-state index contributed by atoms with van der Waals surface area (Å²) in [6.45, 7) is 1.49. The molecule has 0 spiro atoms. The number of carboxylic acids is 1. The molecule has 0 fully saturated rings. The number of rotatable bonds is 13. The summed E-state index contributed by atoms with van der Waals surface area (Å²) in [5.41, 5.74) is 16.0. The fraction of sp³-hybridized carbons (Fsp3) is 0.667. The van der Waals surface area contributed by atoms with Crippen molar-refractivity contribution in [3.63, 3.8) is 0 Å². The zero-order valence-electron chi connectivity index (χ0n) is 16.0. The van der Waals surface area contributed by atoms with Gasteiger partial charge in [0.2, 0.25) is 17.7 Å². The molecule has 4 atom stereocenters. The van der Waals surface area contributed by atoms with Crippen molar-refractivity contribution in [3.05, 3.63) is 0 Å². The van der Waals surface area contributed by atoms with Gasteiger partial charge in [0, 0.05) is 18.1 Å². The minimum atomic E-state index is -1.23. The lowest BCUT2D eigenvalue weighted by Gasteiger charge is -2.23. The summed E-state index contributed by atoms with van der Waals surface area (Å²) in [5.74, 6) is -3.29.